The second-order valence-corrected chi connectivity index (χ2v) is 8.91. The van der Waals surface area contributed by atoms with Gasteiger partial charge in [0, 0.05) is 6.54 Å². The van der Waals surface area contributed by atoms with E-state index in [4.69, 9.17) is 11.5 Å². The third kappa shape index (κ3) is 9.56. The van der Waals surface area contributed by atoms with Gasteiger partial charge in [-0.1, -0.05) is 0 Å². The molecule has 1 aliphatic heterocycles. The Morgan fingerprint density at radius 1 is 1.09 bits per heavy atom. The summed E-state index contributed by atoms with van der Waals surface area (Å²) in [7, 11) is 0. The quantitative estimate of drug-likeness (QED) is 0.150. The van der Waals surface area contributed by atoms with Gasteiger partial charge in [-0.05, 0) is 57.1 Å². The molecule has 188 valence electrons. The van der Waals surface area contributed by atoms with E-state index in [9.17, 15) is 34.2 Å². The van der Waals surface area contributed by atoms with Crippen LogP contribution >= 0.6 is 11.8 Å². The molecule has 1 rings (SSSR count). The highest BCUT2D eigenvalue weighted by Crippen LogP contribution is 2.20. The number of aliphatic carboxylic acids is 2. The summed E-state index contributed by atoms with van der Waals surface area (Å²) >= 11 is 1.50. The van der Waals surface area contributed by atoms with E-state index in [2.05, 4.69) is 10.6 Å². The molecule has 0 aliphatic carbocycles. The van der Waals surface area contributed by atoms with Gasteiger partial charge in [-0.3, -0.25) is 19.2 Å². The molecule has 3 amide bonds. The van der Waals surface area contributed by atoms with Gasteiger partial charge in [0.25, 0.3) is 0 Å². The van der Waals surface area contributed by atoms with E-state index in [-0.39, 0.29) is 13.0 Å². The molecule has 4 atom stereocenters. The molecule has 8 N–H and O–H groups in total. The normalized spacial score (nSPS) is 18.3. The molecule has 0 radical (unpaired) electrons. The molecule has 12 nitrogen and oxygen atoms in total. The summed E-state index contributed by atoms with van der Waals surface area (Å²) in [6.07, 6.45) is 3.66. The second-order valence-electron chi connectivity index (χ2n) is 7.92. The van der Waals surface area contributed by atoms with Crippen LogP contribution in [-0.2, 0) is 24.0 Å². The van der Waals surface area contributed by atoms with Gasteiger partial charge in [0.2, 0.25) is 17.7 Å². The number of carbonyl (C=O) groups excluding carboxylic acids is 3. The van der Waals surface area contributed by atoms with E-state index in [1.165, 1.54) is 16.7 Å². The smallest absolute Gasteiger partial charge is 0.326 e. The molecule has 0 aromatic carbocycles. The van der Waals surface area contributed by atoms with Gasteiger partial charge in [-0.2, -0.15) is 11.8 Å². The largest absolute Gasteiger partial charge is 0.481 e. The first-order valence-corrected chi connectivity index (χ1v) is 12.3. The van der Waals surface area contributed by atoms with E-state index in [1.807, 2.05) is 6.26 Å². The van der Waals surface area contributed by atoms with Crippen molar-refractivity contribution in [1.29, 1.82) is 0 Å². The highest BCUT2D eigenvalue weighted by molar-refractivity contribution is 7.98. The second kappa shape index (κ2) is 14.7. The van der Waals surface area contributed by atoms with E-state index in [0.717, 1.165) is 0 Å². The zero-order chi connectivity index (χ0) is 25.0. The van der Waals surface area contributed by atoms with Crippen LogP contribution in [0, 0.1) is 0 Å². The Morgan fingerprint density at radius 3 is 2.36 bits per heavy atom. The molecule has 1 aliphatic rings. The highest BCUT2D eigenvalue weighted by atomic mass is 32.2. The first kappa shape index (κ1) is 28.7. The lowest BCUT2D eigenvalue weighted by Crippen LogP contribution is -2.57. The van der Waals surface area contributed by atoms with Gasteiger partial charge in [0.15, 0.2) is 0 Å². The molecule has 1 saturated heterocycles. The summed E-state index contributed by atoms with van der Waals surface area (Å²) in [6.45, 7) is 0.592. The zero-order valence-electron chi connectivity index (χ0n) is 18.8. The van der Waals surface area contributed by atoms with Crippen molar-refractivity contribution in [2.75, 3.05) is 25.1 Å². The molecule has 0 spiro atoms. The van der Waals surface area contributed by atoms with Crippen molar-refractivity contribution in [3.8, 4) is 0 Å². The molecule has 1 fully saturated rings. The van der Waals surface area contributed by atoms with Crippen LogP contribution in [0.2, 0.25) is 0 Å². The fourth-order valence-corrected chi connectivity index (χ4v) is 4.04. The number of nitrogens with one attached hydrogen (secondary N) is 2. The predicted octanol–water partition coefficient (Wildman–Crippen LogP) is -1.28. The van der Waals surface area contributed by atoms with Crippen LogP contribution in [0.3, 0.4) is 0 Å². The number of carboxylic acid groups (broad SMARTS) is 2. The van der Waals surface area contributed by atoms with Crippen molar-refractivity contribution in [2.45, 2.75) is 69.1 Å². The monoisotopic (exact) mass is 489 g/mol. The van der Waals surface area contributed by atoms with E-state index in [0.29, 0.717) is 44.4 Å². The number of hydrogen-bond acceptors (Lipinski definition) is 8. The number of nitrogens with two attached hydrogens (primary N) is 2. The van der Waals surface area contributed by atoms with Crippen LogP contribution in [0.25, 0.3) is 0 Å². The lowest BCUT2D eigenvalue weighted by Gasteiger charge is -2.29. The van der Waals surface area contributed by atoms with Crippen LogP contribution in [0.5, 0.6) is 0 Å². The van der Waals surface area contributed by atoms with Crippen LogP contribution in [0.1, 0.15) is 44.9 Å². The van der Waals surface area contributed by atoms with Crippen molar-refractivity contribution < 1.29 is 34.2 Å². The number of thioether (sulfide) groups is 1. The van der Waals surface area contributed by atoms with E-state index in [1.54, 1.807) is 0 Å². The van der Waals surface area contributed by atoms with Crippen LogP contribution < -0.4 is 22.1 Å². The van der Waals surface area contributed by atoms with Gasteiger partial charge >= 0.3 is 11.9 Å². The van der Waals surface area contributed by atoms with Gasteiger partial charge < -0.3 is 37.2 Å². The summed E-state index contributed by atoms with van der Waals surface area (Å²) in [5.41, 5.74) is 11.2. The number of unbranched alkanes of at least 4 members (excludes halogenated alkanes) is 1. The number of nitrogens with zero attached hydrogens (tertiary/aromatic N) is 1. The maximum Gasteiger partial charge on any atom is 0.326 e. The van der Waals surface area contributed by atoms with E-state index < -0.39 is 60.2 Å². The molecule has 0 aromatic heterocycles. The molecule has 0 saturated carbocycles. The third-order valence-electron chi connectivity index (χ3n) is 5.36. The molecule has 0 aromatic rings. The molecule has 1 heterocycles. The molecule has 13 heteroatoms. The lowest BCUT2D eigenvalue weighted by molar-refractivity contribution is -0.147. The van der Waals surface area contributed by atoms with Gasteiger partial charge in [0.05, 0.1) is 12.5 Å². The van der Waals surface area contributed by atoms with Gasteiger partial charge in [-0.25, -0.2) is 4.79 Å². The Morgan fingerprint density at radius 2 is 1.79 bits per heavy atom. The van der Waals surface area contributed by atoms with Gasteiger partial charge in [0.1, 0.15) is 18.1 Å². The summed E-state index contributed by atoms with van der Waals surface area (Å²) in [5, 5.41) is 23.5. The SMILES string of the molecule is CSCCC(N)C(=O)NC(CC(=O)O)C(=O)N1CCCC1C(=O)NC(CCCCN)C(=O)O. The number of carbonyl (C=O) groups is 5. The Hall–Kier alpha value is -2.38. The average molecular weight is 490 g/mol. The summed E-state index contributed by atoms with van der Waals surface area (Å²) in [6, 6.07) is -4.36. The van der Waals surface area contributed by atoms with Crippen LogP contribution in [-0.4, -0.2) is 94.0 Å². The van der Waals surface area contributed by atoms with Crippen molar-refractivity contribution in [1.82, 2.24) is 15.5 Å². The predicted molar refractivity (Wildman–Crippen MR) is 122 cm³/mol. The minimum Gasteiger partial charge on any atom is -0.481 e. The van der Waals surface area contributed by atoms with Crippen molar-refractivity contribution >= 4 is 41.4 Å². The molecule has 4 unspecified atom stereocenters. The van der Waals surface area contributed by atoms with Crippen molar-refractivity contribution in [3.63, 3.8) is 0 Å². The lowest BCUT2D eigenvalue weighted by atomic mass is 10.1. The maximum absolute atomic E-state index is 13.1. The number of rotatable bonds is 15. The highest BCUT2D eigenvalue weighted by Gasteiger charge is 2.39. The molecular formula is C20H35N5O7S. The minimum absolute atomic E-state index is 0.187. The number of carboxylic acids is 2. The minimum atomic E-state index is -1.39. The first-order chi connectivity index (χ1) is 15.6. The number of hydrogen-bond donors (Lipinski definition) is 6. The van der Waals surface area contributed by atoms with Crippen molar-refractivity contribution in [3.05, 3.63) is 0 Å². The topological polar surface area (TPSA) is 205 Å². The fourth-order valence-electron chi connectivity index (χ4n) is 3.55. The summed E-state index contributed by atoms with van der Waals surface area (Å²) in [5.74, 6) is -3.84. The Bertz CT molecular complexity index is 708. The zero-order valence-corrected chi connectivity index (χ0v) is 19.6. The van der Waals surface area contributed by atoms with Crippen molar-refractivity contribution in [2.24, 2.45) is 11.5 Å². The number of likely N-dealkylation sites (tertiary alicyclic amines) is 1. The fraction of sp³-hybridized carbons (Fsp3) is 0.750. The average Bonchev–Trinajstić information content (AvgIpc) is 3.25. The third-order valence-corrected chi connectivity index (χ3v) is 6.01. The van der Waals surface area contributed by atoms with Gasteiger partial charge in [-0.15, -0.1) is 0 Å². The standard InChI is InChI=1S/C20H35N5O7S/c1-33-10-7-12(22)17(28)24-14(11-16(26)27)19(30)25-9-4-6-15(25)18(29)23-13(20(31)32)5-2-3-8-21/h12-15H,2-11,21-22H2,1H3,(H,23,29)(H,24,28)(H,26,27)(H,31,32). The maximum atomic E-state index is 13.1. The summed E-state index contributed by atoms with van der Waals surface area (Å²) < 4.78 is 0. The number of amides is 3. The Labute approximate surface area is 197 Å². The first-order valence-electron chi connectivity index (χ1n) is 10.9. The molecule has 33 heavy (non-hydrogen) atoms. The van der Waals surface area contributed by atoms with Crippen LogP contribution in [0.4, 0.5) is 0 Å². The Balaban J connectivity index is 2.89. The molecular weight excluding hydrogens is 454 g/mol. The van der Waals surface area contributed by atoms with Crippen LogP contribution in [0.15, 0.2) is 0 Å². The summed E-state index contributed by atoms with van der Waals surface area (Å²) in [4.78, 5) is 62.2. The Kier molecular flexibility index (Phi) is 12.8. The molecule has 0 bridgehead atoms. The van der Waals surface area contributed by atoms with E-state index >= 15 is 0 Å².